The maximum absolute atomic E-state index is 12.2. The zero-order chi connectivity index (χ0) is 13.0. The summed E-state index contributed by atoms with van der Waals surface area (Å²) in [4.78, 5) is 0. The summed E-state index contributed by atoms with van der Waals surface area (Å²) in [6.45, 7) is 4.37. The highest BCUT2D eigenvalue weighted by atomic mass is 32.2. The first kappa shape index (κ1) is 14.6. The zero-order valence-electron chi connectivity index (χ0n) is 11.1. The van der Waals surface area contributed by atoms with Crippen LogP contribution >= 0.6 is 11.8 Å². The van der Waals surface area contributed by atoms with E-state index in [1.165, 1.54) is 12.8 Å². The van der Waals surface area contributed by atoms with Gasteiger partial charge in [0.2, 0.25) is 10.0 Å². The monoisotopic (exact) mass is 292 g/mol. The molecular formula is C12H24N2O2S2. The molecule has 6 heteroatoms. The van der Waals surface area contributed by atoms with E-state index in [1.54, 1.807) is 4.31 Å². The van der Waals surface area contributed by atoms with Gasteiger partial charge in [-0.2, -0.15) is 16.1 Å². The van der Waals surface area contributed by atoms with Crippen molar-refractivity contribution in [2.45, 2.75) is 43.9 Å². The van der Waals surface area contributed by atoms with E-state index in [0.717, 1.165) is 25.1 Å². The molecular weight excluding hydrogens is 268 g/mol. The fourth-order valence-electron chi connectivity index (χ4n) is 2.17. The van der Waals surface area contributed by atoms with Gasteiger partial charge in [-0.1, -0.05) is 6.92 Å². The number of hydrogen-bond acceptors (Lipinski definition) is 4. The number of rotatable bonds is 7. The van der Waals surface area contributed by atoms with Gasteiger partial charge < -0.3 is 5.32 Å². The molecule has 1 heterocycles. The van der Waals surface area contributed by atoms with Crippen molar-refractivity contribution in [1.29, 1.82) is 0 Å². The highest BCUT2D eigenvalue weighted by molar-refractivity contribution is 8.00. The van der Waals surface area contributed by atoms with Crippen molar-refractivity contribution in [3.63, 3.8) is 0 Å². The van der Waals surface area contributed by atoms with Gasteiger partial charge in [-0.3, -0.25) is 0 Å². The quantitative estimate of drug-likeness (QED) is 0.718. The van der Waals surface area contributed by atoms with Gasteiger partial charge in [0.25, 0.3) is 0 Å². The molecule has 4 nitrogen and oxygen atoms in total. The first-order chi connectivity index (χ1) is 8.62. The largest absolute Gasteiger partial charge is 0.314 e. The van der Waals surface area contributed by atoms with Crippen LogP contribution in [-0.2, 0) is 10.0 Å². The van der Waals surface area contributed by atoms with Crippen molar-refractivity contribution in [3.05, 3.63) is 0 Å². The molecule has 1 N–H and O–H groups in total. The second-order valence-electron chi connectivity index (χ2n) is 5.16. The van der Waals surface area contributed by atoms with E-state index in [9.17, 15) is 8.42 Å². The van der Waals surface area contributed by atoms with Crippen LogP contribution in [0.3, 0.4) is 0 Å². The van der Waals surface area contributed by atoms with Crippen LogP contribution in [-0.4, -0.2) is 55.2 Å². The molecule has 2 aliphatic rings. The highest BCUT2D eigenvalue weighted by Gasteiger charge is 2.28. The Morgan fingerprint density at radius 3 is 2.83 bits per heavy atom. The van der Waals surface area contributed by atoms with E-state index in [-0.39, 0.29) is 0 Å². The van der Waals surface area contributed by atoms with Crippen LogP contribution in [0.25, 0.3) is 0 Å². The molecule has 1 atom stereocenters. The van der Waals surface area contributed by atoms with E-state index in [4.69, 9.17) is 0 Å². The normalized spacial score (nSPS) is 26.4. The maximum Gasteiger partial charge on any atom is 0.214 e. The average molecular weight is 292 g/mol. The van der Waals surface area contributed by atoms with Gasteiger partial charge in [-0.05, 0) is 32.2 Å². The van der Waals surface area contributed by atoms with Crippen molar-refractivity contribution < 1.29 is 8.42 Å². The van der Waals surface area contributed by atoms with Crippen LogP contribution < -0.4 is 5.32 Å². The fourth-order valence-corrected chi connectivity index (χ4v) is 5.10. The summed E-state index contributed by atoms with van der Waals surface area (Å²) in [7, 11) is -3.02. The van der Waals surface area contributed by atoms with E-state index >= 15 is 0 Å². The Morgan fingerprint density at radius 2 is 2.17 bits per heavy atom. The van der Waals surface area contributed by atoms with Crippen LogP contribution in [0.2, 0.25) is 0 Å². The summed E-state index contributed by atoms with van der Waals surface area (Å²) in [6, 6.07) is 0.670. The second-order valence-corrected chi connectivity index (χ2v) is 8.65. The lowest BCUT2D eigenvalue weighted by Crippen LogP contribution is -2.43. The number of nitrogens with one attached hydrogen (secondary N) is 1. The number of thioether (sulfide) groups is 1. The standard InChI is InChI=1S/C12H24N2O2S2/c1-2-12-10-14(7-8-17-12)18(15,16)9-3-6-13-11-4-5-11/h11-13H,2-10H2,1H3. The Morgan fingerprint density at radius 1 is 1.39 bits per heavy atom. The van der Waals surface area contributed by atoms with Gasteiger partial charge in [-0.25, -0.2) is 8.42 Å². The molecule has 2 fully saturated rings. The first-order valence-corrected chi connectivity index (χ1v) is 9.60. The van der Waals surface area contributed by atoms with Crippen LogP contribution in [0.1, 0.15) is 32.6 Å². The van der Waals surface area contributed by atoms with Crippen molar-refractivity contribution in [3.8, 4) is 0 Å². The summed E-state index contributed by atoms with van der Waals surface area (Å²) >= 11 is 1.91. The lowest BCUT2D eigenvalue weighted by atomic mass is 10.3. The molecule has 106 valence electrons. The van der Waals surface area contributed by atoms with Crippen LogP contribution in [0.15, 0.2) is 0 Å². The second kappa shape index (κ2) is 6.59. The molecule has 0 amide bonds. The molecule has 0 radical (unpaired) electrons. The third-order valence-corrected chi connectivity index (χ3v) is 6.83. The predicted molar refractivity (Wildman–Crippen MR) is 77.5 cm³/mol. The minimum absolute atomic E-state index is 0.299. The molecule has 2 rings (SSSR count). The Hall–Kier alpha value is 0.220. The zero-order valence-corrected chi connectivity index (χ0v) is 12.7. The molecule has 0 aromatic carbocycles. The van der Waals surface area contributed by atoms with Gasteiger partial charge in [0.05, 0.1) is 5.75 Å². The molecule has 18 heavy (non-hydrogen) atoms. The summed E-state index contributed by atoms with van der Waals surface area (Å²) < 4.78 is 26.1. The van der Waals surface area contributed by atoms with Crippen LogP contribution in [0.5, 0.6) is 0 Å². The minimum Gasteiger partial charge on any atom is -0.314 e. The van der Waals surface area contributed by atoms with E-state index in [1.807, 2.05) is 11.8 Å². The number of hydrogen-bond donors (Lipinski definition) is 1. The Kier molecular flexibility index (Phi) is 5.35. The Balaban J connectivity index is 1.73. The van der Waals surface area contributed by atoms with Gasteiger partial charge in [-0.15, -0.1) is 0 Å². The van der Waals surface area contributed by atoms with Crippen molar-refractivity contribution in [2.24, 2.45) is 0 Å². The number of sulfonamides is 1. The molecule has 1 aliphatic heterocycles. The minimum atomic E-state index is -3.02. The summed E-state index contributed by atoms with van der Waals surface area (Å²) in [6.07, 6.45) is 4.31. The smallest absolute Gasteiger partial charge is 0.214 e. The van der Waals surface area contributed by atoms with Crippen molar-refractivity contribution in [1.82, 2.24) is 9.62 Å². The molecule has 1 saturated heterocycles. The maximum atomic E-state index is 12.2. The Bertz CT molecular complexity index is 355. The SMILES string of the molecule is CCC1CN(S(=O)(=O)CCCNC2CC2)CCS1. The van der Waals surface area contributed by atoms with Crippen molar-refractivity contribution in [2.75, 3.05) is 31.1 Å². The predicted octanol–water partition coefficient (Wildman–Crippen LogP) is 1.29. The van der Waals surface area contributed by atoms with Crippen LogP contribution in [0, 0.1) is 0 Å². The molecule has 1 unspecified atom stereocenters. The number of nitrogens with zero attached hydrogens (tertiary/aromatic N) is 1. The topological polar surface area (TPSA) is 49.4 Å². The fraction of sp³-hybridized carbons (Fsp3) is 1.00. The van der Waals surface area contributed by atoms with E-state index in [2.05, 4.69) is 12.2 Å². The molecule has 0 aromatic heterocycles. The summed E-state index contributed by atoms with van der Waals surface area (Å²) in [5, 5.41) is 3.85. The third kappa shape index (κ3) is 4.40. The molecule has 1 aliphatic carbocycles. The van der Waals surface area contributed by atoms with Gasteiger partial charge in [0.1, 0.15) is 0 Å². The first-order valence-electron chi connectivity index (χ1n) is 6.94. The van der Waals surface area contributed by atoms with Gasteiger partial charge in [0, 0.05) is 30.1 Å². The molecule has 1 saturated carbocycles. The lowest BCUT2D eigenvalue weighted by Gasteiger charge is -2.31. The van der Waals surface area contributed by atoms with Gasteiger partial charge >= 0.3 is 0 Å². The summed E-state index contributed by atoms with van der Waals surface area (Å²) in [5.41, 5.74) is 0. The summed E-state index contributed by atoms with van der Waals surface area (Å²) in [5.74, 6) is 1.24. The van der Waals surface area contributed by atoms with Crippen LogP contribution in [0.4, 0.5) is 0 Å². The van der Waals surface area contributed by atoms with E-state index in [0.29, 0.717) is 30.1 Å². The lowest BCUT2D eigenvalue weighted by molar-refractivity contribution is 0.414. The average Bonchev–Trinajstić information content (AvgIpc) is 3.19. The molecule has 0 aromatic rings. The Labute approximate surface area is 115 Å². The molecule has 0 spiro atoms. The third-order valence-electron chi connectivity index (χ3n) is 3.54. The van der Waals surface area contributed by atoms with E-state index < -0.39 is 10.0 Å². The van der Waals surface area contributed by atoms with Crippen molar-refractivity contribution >= 4 is 21.8 Å². The van der Waals surface area contributed by atoms with Gasteiger partial charge in [0.15, 0.2) is 0 Å². The molecule has 0 bridgehead atoms. The highest BCUT2D eigenvalue weighted by Crippen LogP contribution is 2.23.